The molecule has 0 fully saturated rings. The third-order valence-corrected chi connectivity index (χ3v) is 4.28. The Labute approximate surface area is 125 Å². The molecule has 19 heavy (non-hydrogen) atoms. The number of anilines is 1. The van der Waals surface area contributed by atoms with Crippen LogP contribution in [-0.4, -0.2) is 12.0 Å². The Kier molecular flexibility index (Phi) is 4.56. The molecule has 5 heteroatoms. The van der Waals surface area contributed by atoms with Crippen molar-refractivity contribution in [2.75, 3.05) is 11.9 Å². The van der Waals surface area contributed by atoms with Gasteiger partial charge in [-0.05, 0) is 24.6 Å². The van der Waals surface area contributed by atoms with Crippen molar-refractivity contribution >= 4 is 33.0 Å². The Morgan fingerprint density at radius 1 is 1.47 bits per heavy atom. The number of aryl methyl sites for hydroxylation is 1. The minimum atomic E-state index is 0.700. The van der Waals surface area contributed by atoms with E-state index in [1.807, 2.05) is 32.2 Å². The zero-order valence-corrected chi connectivity index (χ0v) is 13.3. The summed E-state index contributed by atoms with van der Waals surface area (Å²) in [4.78, 5) is 6.51. The molecule has 0 N–H and O–H groups in total. The Morgan fingerprint density at radius 2 is 2.26 bits per heavy atom. The maximum Gasteiger partial charge on any atom is 0.101 e. The fourth-order valence-electron chi connectivity index (χ4n) is 1.90. The average molecular weight is 336 g/mol. The predicted octanol–water partition coefficient (Wildman–Crippen LogP) is 3.85. The number of thiazole rings is 1. The van der Waals surface area contributed by atoms with Gasteiger partial charge in [0.15, 0.2) is 0 Å². The second-order valence-electron chi connectivity index (χ2n) is 4.31. The molecular formula is C14H14BrN3S. The first-order valence-corrected chi connectivity index (χ1v) is 7.85. The van der Waals surface area contributed by atoms with Crippen LogP contribution < -0.4 is 4.90 Å². The Hall–Kier alpha value is -1.38. The third-order valence-electron chi connectivity index (χ3n) is 2.81. The predicted molar refractivity (Wildman–Crippen MR) is 82.7 cm³/mol. The Balaban J connectivity index is 2.23. The molecule has 0 saturated heterocycles. The molecule has 0 aliphatic carbocycles. The number of nitrogens with zero attached hydrogens (tertiary/aromatic N) is 3. The van der Waals surface area contributed by atoms with Crippen molar-refractivity contribution < 1.29 is 0 Å². The highest BCUT2D eigenvalue weighted by Crippen LogP contribution is 2.23. The van der Waals surface area contributed by atoms with Gasteiger partial charge in [-0.15, -0.1) is 11.3 Å². The van der Waals surface area contributed by atoms with Gasteiger partial charge in [-0.2, -0.15) is 5.26 Å². The topological polar surface area (TPSA) is 39.9 Å². The van der Waals surface area contributed by atoms with Crippen LogP contribution in [0.4, 0.5) is 5.69 Å². The molecule has 0 aliphatic rings. The van der Waals surface area contributed by atoms with E-state index in [9.17, 15) is 5.26 Å². The number of benzene rings is 1. The van der Waals surface area contributed by atoms with Gasteiger partial charge in [-0.25, -0.2) is 4.98 Å². The van der Waals surface area contributed by atoms with E-state index < -0.39 is 0 Å². The number of alkyl halides is 1. The highest BCUT2D eigenvalue weighted by atomic mass is 79.9. The number of rotatable bonds is 4. The van der Waals surface area contributed by atoms with Crippen LogP contribution in [0, 0.1) is 18.3 Å². The van der Waals surface area contributed by atoms with E-state index >= 15 is 0 Å². The maximum atomic E-state index is 9.25. The molecule has 98 valence electrons. The van der Waals surface area contributed by atoms with E-state index in [4.69, 9.17) is 0 Å². The lowest BCUT2D eigenvalue weighted by molar-refractivity contribution is 0.888. The molecule has 0 unspecified atom stereocenters. The second kappa shape index (κ2) is 6.18. The fraction of sp³-hybridized carbons (Fsp3) is 0.286. The molecule has 1 heterocycles. The van der Waals surface area contributed by atoms with Crippen LogP contribution >= 0.6 is 27.3 Å². The van der Waals surface area contributed by atoms with Crippen LogP contribution in [0.1, 0.15) is 21.8 Å². The summed E-state index contributed by atoms with van der Waals surface area (Å²) in [5.74, 6) is 0. The zero-order chi connectivity index (χ0) is 13.8. The van der Waals surface area contributed by atoms with Gasteiger partial charge in [-0.1, -0.05) is 22.0 Å². The van der Waals surface area contributed by atoms with E-state index in [-0.39, 0.29) is 0 Å². The number of nitriles is 1. The van der Waals surface area contributed by atoms with Gasteiger partial charge in [0.2, 0.25) is 0 Å². The molecule has 0 atom stereocenters. The first-order chi connectivity index (χ1) is 9.13. The molecule has 0 saturated carbocycles. The summed E-state index contributed by atoms with van der Waals surface area (Å²) in [5, 5.41) is 13.1. The number of aromatic nitrogens is 1. The summed E-state index contributed by atoms with van der Waals surface area (Å²) in [6, 6.07) is 8.22. The van der Waals surface area contributed by atoms with Gasteiger partial charge in [-0.3, -0.25) is 0 Å². The van der Waals surface area contributed by atoms with Crippen LogP contribution in [-0.2, 0) is 11.9 Å². The molecule has 1 aromatic carbocycles. The van der Waals surface area contributed by atoms with Crippen molar-refractivity contribution in [1.29, 1.82) is 5.26 Å². The lowest BCUT2D eigenvalue weighted by Gasteiger charge is -2.19. The molecule has 0 spiro atoms. The summed E-state index contributed by atoms with van der Waals surface area (Å²) >= 11 is 5.06. The standard InChI is InChI=1S/C14H14BrN3S/c1-10-17-13(9-19-10)8-18(2)14-4-3-11(6-15)5-12(14)7-16/h3-5,9H,6,8H2,1-2H3. The van der Waals surface area contributed by atoms with Gasteiger partial charge in [0.1, 0.15) is 6.07 Å². The molecular weight excluding hydrogens is 322 g/mol. The van der Waals surface area contributed by atoms with Gasteiger partial charge in [0.25, 0.3) is 0 Å². The summed E-state index contributed by atoms with van der Waals surface area (Å²) in [6.45, 7) is 2.71. The number of hydrogen-bond acceptors (Lipinski definition) is 4. The first kappa shape index (κ1) is 14.0. The Bertz CT molecular complexity index is 615. The Morgan fingerprint density at radius 3 is 2.84 bits per heavy atom. The van der Waals surface area contributed by atoms with E-state index in [1.165, 1.54) is 0 Å². The van der Waals surface area contributed by atoms with Crippen molar-refractivity contribution in [2.24, 2.45) is 0 Å². The smallest absolute Gasteiger partial charge is 0.101 e. The first-order valence-electron chi connectivity index (χ1n) is 5.85. The maximum absolute atomic E-state index is 9.25. The summed E-state index contributed by atoms with van der Waals surface area (Å²) < 4.78 is 0. The minimum Gasteiger partial charge on any atom is -0.368 e. The average Bonchev–Trinajstić information content (AvgIpc) is 2.83. The zero-order valence-electron chi connectivity index (χ0n) is 10.9. The summed E-state index contributed by atoms with van der Waals surface area (Å²) in [7, 11) is 1.98. The molecule has 2 rings (SSSR count). The van der Waals surface area contributed by atoms with Crippen LogP contribution in [0.25, 0.3) is 0 Å². The monoisotopic (exact) mass is 335 g/mol. The van der Waals surface area contributed by atoms with E-state index in [0.29, 0.717) is 12.1 Å². The van der Waals surface area contributed by atoms with Gasteiger partial charge in [0.05, 0.1) is 28.5 Å². The largest absolute Gasteiger partial charge is 0.368 e. The summed E-state index contributed by atoms with van der Waals surface area (Å²) in [6.07, 6.45) is 0. The van der Waals surface area contributed by atoms with Crippen LogP contribution in [0.5, 0.6) is 0 Å². The van der Waals surface area contributed by atoms with Crippen molar-refractivity contribution in [3.05, 3.63) is 45.4 Å². The van der Waals surface area contributed by atoms with Crippen molar-refractivity contribution in [3.8, 4) is 6.07 Å². The van der Waals surface area contributed by atoms with Crippen LogP contribution in [0.15, 0.2) is 23.6 Å². The highest BCUT2D eigenvalue weighted by molar-refractivity contribution is 9.08. The molecule has 3 nitrogen and oxygen atoms in total. The molecule has 1 aromatic heterocycles. The molecule has 0 aliphatic heterocycles. The van der Waals surface area contributed by atoms with Crippen molar-refractivity contribution in [1.82, 2.24) is 4.98 Å². The van der Waals surface area contributed by atoms with Crippen LogP contribution in [0.3, 0.4) is 0 Å². The van der Waals surface area contributed by atoms with Crippen LogP contribution in [0.2, 0.25) is 0 Å². The number of halogens is 1. The van der Waals surface area contributed by atoms with E-state index in [2.05, 4.69) is 37.3 Å². The van der Waals surface area contributed by atoms with Crippen molar-refractivity contribution in [2.45, 2.75) is 18.8 Å². The molecule has 0 amide bonds. The van der Waals surface area contributed by atoms with E-state index in [1.54, 1.807) is 11.3 Å². The SMILES string of the molecule is Cc1nc(CN(C)c2ccc(CBr)cc2C#N)cs1. The lowest BCUT2D eigenvalue weighted by atomic mass is 10.1. The summed E-state index contributed by atoms with van der Waals surface area (Å²) in [5.41, 5.74) is 3.79. The second-order valence-corrected chi connectivity index (χ2v) is 5.93. The van der Waals surface area contributed by atoms with Gasteiger partial charge < -0.3 is 4.90 Å². The van der Waals surface area contributed by atoms with Gasteiger partial charge in [0, 0.05) is 17.8 Å². The molecule has 2 aromatic rings. The van der Waals surface area contributed by atoms with Crippen molar-refractivity contribution in [3.63, 3.8) is 0 Å². The molecule has 0 bridgehead atoms. The normalized spacial score (nSPS) is 10.2. The lowest BCUT2D eigenvalue weighted by Crippen LogP contribution is -2.17. The fourth-order valence-corrected chi connectivity index (χ4v) is 2.85. The number of hydrogen-bond donors (Lipinski definition) is 0. The third kappa shape index (κ3) is 3.34. The highest BCUT2D eigenvalue weighted by Gasteiger charge is 2.10. The quantitative estimate of drug-likeness (QED) is 0.796. The molecule has 0 radical (unpaired) electrons. The minimum absolute atomic E-state index is 0.700. The van der Waals surface area contributed by atoms with Gasteiger partial charge >= 0.3 is 0 Å². The van der Waals surface area contributed by atoms with E-state index in [0.717, 1.165) is 27.3 Å².